The molecule has 1 N–H and O–H groups in total. The van der Waals surface area contributed by atoms with Crippen molar-refractivity contribution in [3.05, 3.63) is 48.0 Å². The van der Waals surface area contributed by atoms with Crippen molar-refractivity contribution in [2.75, 3.05) is 25.3 Å². The highest BCUT2D eigenvalue weighted by atomic mass is 32.2. The Morgan fingerprint density at radius 2 is 1.89 bits per heavy atom. The van der Waals surface area contributed by atoms with E-state index in [1.165, 1.54) is 28.7 Å². The second kappa shape index (κ2) is 8.88. The van der Waals surface area contributed by atoms with Crippen LogP contribution in [-0.4, -0.2) is 36.1 Å². The molecule has 0 aliphatic rings. The lowest BCUT2D eigenvalue weighted by Crippen LogP contribution is -2.13. The van der Waals surface area contributed by atoms with Crippen molar-refractivity contribution < 1.29 is 14.3 Å². The van der Waals surface area contributed by atoms with Crippen LogP contribution >= 0.6 is 23.1 Å². The van der Waals surface area contributed by atoms with Crippen molar-refractivity contribution >= 4 is 34.1 Å². The fourth-order valence-electron chi connectivity index (χ4n) is 2.30. The van der Waals surface area contributed by atoms with Gasteiger partial charge in [0.1, 0.15) is 11.5 Å². The number of benzene rings is 2. The Morgan fingerprint density at radius 3 is 2.59 bits per heavy atom. The summed E-state index contributed by atoms with van der Waals surface area (Å²) >= 11 is 2.77. The number of carbonyl (C=O) groups is 1. The van der Waals surface area contributed by atoms with Crippen molar-refractivity contribution in [1.82, 2.24) is 10.2 Å². The van der Waals surface area contributed by atoms with Crippen LogP contribution in [0, 0.1) is 6.92 Å². The van der Waals surface area contributed by atoms with E-state index in [4.69, 9.17) is 9.47 Å². The molecule has 2 aromatic carbocycles. The number of hydrogen-bond acceptors (Lipinski definition) is 7. The summed E-state index contributed by atoms with van der Waals surface area (Å²) in [5, 5.41) is 12.1. The SMILES string of the molecule is COc1ccc(OC)c(-c2nnc(NC(=O)CSc3ccc(C)cc3)s2)c1. The lowest BCUT2D eigenvalue weighted by molar-refractivity contribution is -0.113. The molecule has 0 atom stereocenters. The van der Waals surface area contributed by atoms with E-state index in [2.05, 4.69) is 15.5 Å². The predicted octanol–water partition coefficient (Wildman–Crippen LogP) is 4.26. The zero-order valence-electron chi connectivity index (χ0n) is 15.2. The summed E-state index contributed by atoms with van der Waals surface area (Å²) in [7, 11) is 3.19. The van der Waals surface area contributed by atoms with Gasteiger partial charge in [0.25, 0.3) is 0 Å². The highest BCUT2D eigenvalue weighted by Crippen LogP contribution is 2.36. The topological polar surface area (TPSA) is 73.3 Å². The number of carbonyl (C=O) groups excluding carboxylic acids is 1. The average molecular weight is 402 g/mol. The minimum absolute atomic E-state index is 0.124. The summed E-state index contributed by atoms with van der Waals surface area (Å²) < 4.78 is 10.6. The van der Waals surface area contributed by atoms with Crippen LogP contribution in [0.1, 0.15) is 5.56 Å². The summed E-state index contributed by atoms with van der Waals surface area (Å²) in [5.74, 6) is 1.54. The number of hydrogen-bond donors (Lipinski definition) is 1. The Kier molecular flexibility index (Phi) is 6.31. The molecule has 0 saturated heterocycles. The molecule has 0 radical (unpaired) electrons. The van der Waals surface area contributed by atoms with E-state index in [0.29, 0.717) is 27.4 Å². The number of ether oxygens (including phenoxy) is 2. The molecule has 0 aliphatic heterocycles. The Morgan fingerprint density at radius 1 is 1.11 bits per heavy atom. The minimum Gasteiger partial charge on any atom is -0.497 e. The Balaban J connectivity index is 1.65. The number of nitrogens with zero attached hydrogens (tertiary/aromatic N) is 2. The highest BCUT2D eigenvalue weighted by molar-refractivity contribution is 8.00. The van der Waals surface area contributed by atoms with Crippen LogP contribution in [0.5, 0.6) is 11.5 Å². The third-order valence-electron chi connectivity index (χ3n) is 3.70. The van der Waals surface area contributed by atoms with Crippen LogP contribution in [0.2, 0.25) is 0 Å². The molecule has 0 spiro atoms. The maximum Gasteiger partial charge on any atom is 0.236 e. The summed E-state index contributed by atoms with van der Waals surface area (Å²) in [6, 6.07) is 13.5. The first-order chi connectivity index (χ1) is 13.1. The fraction of sp³-hybridized carbons (Fsp3) is 0.211. The van der Waals surface area contributed by atoms with Crippen molar-refractivity contribution in [3.8, 4) is 22.1 Å². The number of rotatable bonds is 7. The van der Waals surface area contributed by atoms with Crippen LogP contribution in [0.3, 0.4) is 0 Å². The second-order valence-corrected chi connectivity index (χ2v) is 7.65. The van der Waals surface area contributed by atoms with Crippen LogP contribution in [-0.2, 0) is 4.79 Å². The third kappa shape index (κ3) is 4.99. The van der Waals surface area contributed by atoms with E-state index < -0.39 is 0 Å². The zero-order chi connectivity index (χ0) is 19.2. The van der Waals surface area contributed by atoms with Crippen LogP contribution in [0.15, 0.2) is 47.4 Å². The standard InChI is InChI=1S/C19H19N3O3S2/c1-12-4-7-14(8-5-12)26-11-17(23)20-19-22-21-18(27-19)15-10-13(24-2)6-9-16(15)25-3/h4-10H,11H2,1-3H3,(H,20,22,23). The van der Waals surface area contributed by atoms with Gasteiger partial charge in [0.05, 0.1) is 25.5 Å². The average Bonchev–Trinajstić information content (AvgIpc) is 3.15. The number of aryl methyl sites for hydroxylation is 1. The number of nitrogens with one attached hydrogen (secondary N) is 1. The largest absolute Gasteiger partial charge is 0.497 e. The Hall–Kier alpha value is -2.58. The molecule has 1 heterocycles. The smallest absolute Gasteiger partial charge is 0.236 e. The maximum atomic E-state index is 12.2. The molecule has 0 unspecified atom stereocenters. The quantitative estimate of drug-likeness (QED) is 0.596. The number of thioether (sulfide) groups is 1. The minimum atomic E-state index is -0.124. The lowest BCUT2D eigenvalue weighted by Gasteiger charge is -2.07. The van der Waals surface area contributed by atoms with E-state index in [1.807, 2.05) is 49.4 Å². The molecule has 3 aromatic rings. The zero-order valence-corrected chi connectivity index (χ0v) is 16.8. The van der Waals surface area contributed by atoms with Gasteiger partial charge >= 0.3 is 0 Å². The first-order valence-corrected chi connectivity index (χ1v) is 9.94. The number of methoxy groups -OCH3 is 2. The van der Waals surface area contributed by atoms with Crippen LogP contribution < -0.4 is 14.8 Å². The van der Waals surface area contributed by atoms with Crippen molar-refractivity contribution in [2.24, 2.45) is 0 Å². The summed E-state index contributed by atoms with van der Waals surface area (Å²) in [6.07, 6.45) is 0. The van der Waals surface area contributed by atoms with E-state index in [0.717, 1.165) is 10.5 Å². The van der Waals surface area contributed by atoms with E-state index in [9.17, 15) is 4.79 Å². The molecule has 0 bridgehead atoms. The van der Waals surface area contributed by atoms with Gasteiger partial charge in [-0.05, 0) is 37.3 Å². The number of anilines is 1. The first-order valence-electron chi connectivity index (χ1n) is 8.14. The molecule has 0 fully saturated rings. The molecule has 0 aliphatic carbocycles. The molecule has 8 heteroatoms. The monoisotopic (exact) mass is 401 g/mol. The molecule has 140 valence electrons. The van der Waals surface area contributed by atoms with E-state index in [1.54, 1.807) is 14.2 Å². The highest BCUT2D eigenvalue weighted by Gasteiger charge is 2.14. The molecular weight excluding hydrogens is 382 g/mol. The summed E-state index contributed by atoms with van der Waals surface area (Å²) in [5.41, 5.74) is 1.96. The van der Waals surface area contributed by atoms with Crippen molar-refractivity contribution in [1.29, 1.82) is 0 Å². The van der Waals surface area contributed by atoms with Gasteiger partial charge in [-0.15, -0.1) is 22.0 Å². The summed E-state index contributed by atoms with van der Waals surface area (Å²) in [4.78, 5) is 13.2. The van der Waals surface area contributed by atoms with E-state index in [-0.39, 0.29) is 5.91 Å². The van der Waals surface area contributed by atoms with Gasteiger partial charge in [-0.3, -0.25) is 10.1 Å². The Labute approximate surface area is 165 Å². The van der Waals surface area contributed by atoms with Gasteiger partial charge in [0.15, 0.2) is 5.01 Å². The first kappa shape index (κ1) is 19.2. The maximum absolute atomic E-state index is 12.2. The van der Waals surface area contributed by atoms with Crippen LogP contribution in [0.4, 0.5) is 5.13 Å². The number of amides is 1. The van der Waals surface area contributed by atoms with Gasteiger partial charge in [-0.1, -0.05) is 29.0 Å². The van der Waals surface area contributed by atoms with E-state index >= 15 is 0 Å². The second-order valence-electron chi connectivity index (χ2n) is 5.63. The van der Waals surface area contributed by atoms with Gasteiger partial charge in [-0.25, -0.2) is 0 Å². The van der Waals surface area contributed by atoms with Gasteiger partial charge < -0.3 is 9.47 Å². The molecular formula is C19H19N3O3S2. The molecule has 1 aromatic heterocycles. The normalized spacial score (nSPS) is 10.5. The van der Waals surface area contributed by atoms with Crippen LogP contribution in [0.25, 0.3) is 10.6 Å². The van der Waals surface area contributed by atoms with Gasteiger partial charge in [0, 0.05) is 4.90 Å². The molecule has 1 amide bonds. The molecule has 0 saturated carbocycles. The van der Waals surface area contributed by atoms with Gasteiger partial charge in [-0.2, -0.15) is 0 Å². The predicted molar refractivity (Wildman–Crippen MR) is 109 cm³/mol. The van der Waals surface area contributed by atoms with Gasteiger partial charge in [0.2, 0.25) is 11.0 Å². The molecule has 27 heavy (non-hydrogen) atoms. The summed E-state index contributed by atoms with van der Waals surface area (Å²) in [6.45, 7) is 2.03. The Bertz CT molecular complexity index is 926. The lowest BCUT2D eigenvalue weighted by atomic mass is 10.2. The van der Waals surface area contributed by atoms with Crippen molar-refractivity contribution in [2.45, 2.75) is 11.8 Å². The third-order valence-corrected chi connectivity index (χ3v) is 5.58. The number of aromatic nitrogens is 2. The van der Waals surface area contributed by atoms with Crippen molar-refractivity contribution in [3.63, 3.8) is 0 Å². The molecule has 3 rings (SSSR count). The molecule has 6 nitrogen and oxygen atoms in total. The fourth-order valence-corrected chi connectivity index (χ4v) is 3.78.